The molecule has 3 N–H and O–H groups in total. The first-order chi connectivity index (χ1) is 16.8. The number of hydrogen-bond acceptors (Lipinski definition) is 4. The van der Waals surface area contributed by atoms with Crippen molar-refractivity contribution in [2.75, 3.05) is 0 Å². The van der Waals surface area contributed by atoms with Crippen LogP contribution in [0.25, 0.3) is 11.1 Å². The third kappa shape index (κ3) is 6.24. The van der Waals surface area contributed by atoms with E-state index in [1.165, 1.54) is 6.07 Å². The largest absolute Gasteiger partial charge is 0.352 e. The van der Waals surface area contributed by atoms with Crippen LogP contribution in [0.4, 0.5) is 0 Å². The summed E-state index contributed by atoms with van der Waals surface area (Å²) in [7, 11) is -3.83. The van der Waals surface area contributed by atoms with Gasteiger partial charge in [0, 0.05) is 30.4 Å². The summed E-state index contributed by atoms with van der Waals surface area (Å²) >= 11 is 0. The Balaban J connectivity index is 1.35. The van der Waals surface area contributed by atoms with Crippen molar-refractivity contribution in [3.63, 3.8) is 0 Å². The van der Waals surface area contributed by atoms with E-state index in [1.54, 1.807) is 18.2 Å². The molecule has 0 radical (unpaired) electrons. The van der Waals surface area contributed by atoms with Crippen molar-refractivity contribution in [2.24, 2.45) is 17.0 Å². The van der Waals surface area contributed by atoms with Crippen LogP contribution in [0.3, 0.4) is 0 Å². The molecule has 1 amide bonds. The van der Waals surface area contributed by atoms with E-state index < -0.39 is 10.0 Å². The fourth-order valence-corrected chi connectivity index (χ4v) is 5.59. The Morgan fingerprint density at radius 3 is 2.20 bits per heavy atom. The summed E-state index contributed by atoms with van der Waals surface area (Å²) < 4.78 is 23.8. The molecule has 6 nitrogen and oxygen atoms in total. The zero-order valence-corrected chi connectivity index (χ0v) is 20.3. The average Bonchev–Trinajstić information content (AvgIpc) is 3.37. The number of Topliss-reactive ketones (excluding diaryl/α,β-unsaturated/α-hetero) is 1. The summed E-state index contributed by atoms with van der Waals surface area (Å²) in [5, 5.41) is 8.35. The fourth-order valence-electron chi connectivity index (χ4n) is 4.83. The van der Waals surface area contributed by atoms with Gasteiger partial charge in [0.05, 0.1) is 4.90 Å². The summed E-state index contributed by atoms with van der Waals surface area (Å²) in [6, 6.07) is 23.9. The number of hydrogen-bond donors (Lipinski definition) is 2. The monoisotopic (exact) mass is 490 g/mol. The number of nitrogens with one attached hydrogen (secondary N) is 1. The maximum absolute atomic E-state index is 13.0. The smallest absolute Gasteiger partial charge is 0.238 e. The van der Waals surface area contributed by atoms with Crippen molar-refractivity contribution in [3.8, 4) is 11.1 Å². The molecule has 0 bridgehead atoms. The molecule has 0 aliphatic heterocycles. The lowest BCUT2D eigenvalue weighted by molar-refractivity contribution is -0.132. The first-order valence-corrected chi connectivity index (χ1v) is 13.4. The summed E-state index contributed by atoms with van der Waals surface area (Å²) in [6.45, 7) is 0.470. The predicted molar refractivity (Wildman–Crippen MR) is 136 cm³/mol. The lowest BCUT2D eigenvalue weighted by Crippen LogP contribution is -2.35. The molecule has 4 rings (SSSR count). The number of benzene rings is 3. The quantitative estimate of drug-likeness (QED) is 0.468. The van der Waals surface area contributed by atoms with Gasteiger partial charge in [-0.3, -0.25) is 9.59 Å². The molecule has 1 saturated carbocycles. The fraction of sp³-hybridized carbons (Fsp3) is 0.286. The molecule has 0 spiro atoms. The van der Waals surface area contributed by atoms with Crippen molar-refractivity contribution in [1.29, 1.82) is 0 Å². The van der Waals surface area contributed by atoms with Crippen LogP contribution in [0.5, 0.6) is 0 Å². The highest BCUT2D eigenvalue weighted by atomic mass is 32.2. The Morgan fingerprint density at radius 2 is 1.49 bits per heavy atom. The first-order valence-electron chi connectivity index (χ1n) is 11.9. The van der Waals surface area contributed by atoms with Crippen molar-refractivity contribution in [1.82, 2.24) is 5.32 Å². The highest BCUT2D eigenvalue weighted by Crippen LogP contribution is 2.34. The summed E-state index contributed by atoms with van der Waals surface area (Å²) in [4.78, 5) is 25.8. The van der Waals surface area contributed by atoms with Gasteiger partial charge >= 0.3 is 0 Å². The Bertz CT molecular complexity index is 1290. The standard InChI is InChI=1S/C28H30N2O4S/c29-35(33,34)27-12-5-4-9-23(27)22-16-13-20(14-17-22)15-18-26(31)24-10-6-11-25(24)28(32)30-19-21-7-2-1-3-8-21/h1-5,7-9,12-14,16-17,24-25H,6,10-11,15,18-19H2,(H,30,32)(H2,29,33,34)/t24?,25-/m1/s1. The summed E-state index contributed by atoms with van der Waals surface area (Å²) in [6.07, 6.45) is 3.34. The first kappa shape index (κ1) is 24.8. The maximum Gasteiger partial charge on any atom is 0.238 e. The lowest BCUT2D eigenvalue weighted by atomic mass is 9.88. The molecule has 1 aliphatic rings. The third-order valence-corrected chi connectivity index (χ3v) is 7.66. The van der Waals surface area contributed by atoms with Gasteiger partial charge in [0.2, 0.25) is 15.9 Å². The van der Waals surface area contributed by atoms with Gasteiger partial charge in [0.25, 0.3) is 0 Å². The van der Waals surface area contributed by atoms with Gasteiger partial charge in [0.1, 0.15) is 5.78 Å². The van der Waals surface area contributed by atoms with E-state index in [4.69, 9.17) is 5.14 Å². The van der Waals surface area contributed by atoms with Crippen LogP contribution in [-0.4, -0.2) is 20.1 Å². The Morgan fingerprint density at radius 1 is 0.829 bits per heavy atom. The minimum atomic E-state index is -3.83. The molecule has 1 fully saturated rings. The normalized spacial score (nSPS) is 17.7. The molecule has 0 aromatic heterocycles. The van der Waals surface area contributed by atoms with Crippen LogP contribution in [0, 0.1) is 11.8 Å². The van der Waals surface area contributed by atoms with Crippen LogP contribution < -0.4 is 10.5 Å². The SMILES string of the molecule is NS(=O)(=O)c1ccccc1-c1ccc(CCC(=O)C2CCC[C@H]2C(=O)NCc2ccccc2)cc1. The van der Waals surface area contributed by atoms with E-state index in [0.29, 0.717) is 24.9 Å². The molecule has 1 unspecified atom stereocenters. The zero-order chi connectivity index (χ0) is 24.8. The average molecular weight is 491 g/mol. The lowest BCUT2D eigenvalue weighted by Gasteiger charge is -2.18. The second-order valence-corrected chi connectivity index (χ2v) is 10.6. The predicted octanol–water partition coefficient (Wildman–Crippen LogP) is 4.24. The third-order valence-electron chi connectivity index (χ3n) is 6.69. The highest BCUT2D eigenvalue weighted by Gasteiger charge is 2.36. The van der Waals surface area contributed by atoms with Gasteiger partial charge in [-0.15, -0.1) is 0 Å². The number of carbonyl (C=O) groups excluding carboxylic acids is 2. The second kappa shape index (κ2) is 11.0. The topological polar surface area (TPSA) is 106 Å². The number of aryl methyl sites for hydroxylation is 1. The van der Waals surface area contributed by atoms with Crippen LogP contribution in [0.2, 0.25) is 0 Å². The molecule has 7 heteroatoms. The van der Waals surface area contributed by atoms with Gasteiger partial charge < -0.3 is 5.32 Å². The van der Waals surface area contributed by atoms with E-state index >= 15 is 0 Å². The molecular weight excluding hydrogens is 460 g/mol. The van der Waals surface area contributed by atoms with Crippen molar-refractivity contribution in [3.05, 3.63) is 90.0 Å². The maximum atomic E-state index is 13.0. The van der Waals surface area contributed by atoms with Gasteiger partial charge in [-0.25, -0.2) is 13.6 Å². The van der Waals surface area contributed by atoms with Crippen molar-refractivity contribution in [2.45, 2.75) is 43.5 Å². The number of carbonyl (C=O) groups is 2. The van der Waals surface area contributed by atoms with Crippen LogP contribution in [-0.2, 0) is 32.6 Å². The highest BCUT2D eigenvalue weighted by molar-refractivity contribution is 7.89. The second-order valence-electron chi connectivity index (χ2n) is 9.05. The number of nitrogens with two attached hydrogens (primary N) is 1. The number of sulfonamides is 1. The number of rotatable bonds is 9. The Hall–Kier alpha value is -3.29. The minimum absolute atomic E-state index is 0.0393. The van der Waals surface area contributed by atoms with Gasteiger partial charge in [0.15, 0.2) is 0 Å². The van der Waals surface area contributed by atoms with Gasteiger partial charge in [-0.2, -0.15) is 0 Å². The van der Waals surface area contributed by atoms with E-state index in [2.05, 4.69) is 5.32 Å². The molecule has 0 saturated heterocycles. The molecule has 182 valence electrons. The molecule has 1 aliphatic carbocycles. The summed E-state index contributed by atoms with van der Waals surface area (Å²) in [5.74, 6) is -0.399. The molecule has 3 aromatic carbocycles. The van der Waals surface area contributed by atoms with Crippen molar-refractivity contribution >= 4 is 21.7 Å². The van der Waals surface area contributed by atoms with Gasteiger partial charge in [-0.1, -0.05) is 79.2 Å². The van der Waals surface area contributed by atoms with E-state index in [0.717, 1.165) is 36.0 Å². The van der Waals surface area contributed by atoms with Crippen LogP contribution in [0.1, 0.15) is 36.8 Å². The van der Waals surface area contributed by atoms with Crippen LogP contribution in [0.15, 0.2) is 83.8 Å². The van der Waals surface area contributed by atoms with E-state index in [-0.39, 0.29) is 28.4 Å². The molecule has 35 heavy (non-hydrogen) atoms. The Kier molecular flexibility index (Phi) is 7.78. The van der Waals surface area contributed by atoms with E-state index in [1.807, 2.05) is 54.6 Å². The zero-order valence-electron chi connectivity index (χ0n) is 19.5. The number of primary sulfonamides is 1. The molecule has 2 atom stereocenters. The molecular formula is C28H30N2O4S. The summed E-state index contributed by atoms with van der Waals surface area (Å²) in [5.41, 5.74) is 3.32. The van der Waals surface area contributed by atoms with E-state index in [9.17, 15) is 18.0 Å². The van der Waals surface area contributed by atoms with Crippen molar-refractivity contribution < 1.29 is 18.0 Å². The Labute approximate surface area is 206 Å². The number of amides is 1. The van der Waals surface area contributed by atoms with Crippen LogP contribution >= 0.6 is 0 Å². The molecule has 3 aromatic rings. The minimum Gasteiger partial charge on any atom is -0.352 e. The molecule has 0 heterocycles. The van der Waals surface area contributed by atoms with Gasteiger partial charge in [-0.05, 0) is 42.0 Å². The number of ketones is 1.